The van der Waals surface area contributed by atoms with E-state index in [1.807, 2.05) is 31.1 Å². The van der Waals surface area contributed by atoms with E-state index >= 15 is 0 Å². The maximum atomic E-state index is 12.9. The van der Waals surface area contributed by atoms with Crippen molar-refractivity contribution >= 4 is 32.8 Å². The molecule has 0 bridgehead atoms. The molecule has 5 nitrogen and oxygen atoms in total. The lowest BCUT2D eigenvalue weighted by Gasteiger charge is -2.19. The molecule has 2 rings (SSSR count). The van der Waals surface area contributed by atoms with Crippen molar-refractivity contribution in [2.75, 3.05) is 25.5 Å². The fourth-order valence-electron chi connectivity index (χ4n) is 2.20. The number of amides is 1. The smallest absolute Gasteiger partial charge is 0.216 e. The van der Waals surface area contributed by atoms with Gasteiger partial charge in [-0.15, -0.1) is 11.3 Å². The number of nitrogens with one attached hydrogen (secondary N) is 1. The maximum absolute atomic E-state index is 12.9. The number of anilines is 1. The Morgan fingerprint density at radius 2 is 1.87 bits per heavy atom. The van der Waals surface area contributed by atoms with Crippen molar-refractivity contribution in [1.29, 1.82) is 0 Å². The summed E-state index contributed by atoms with van der Waals surface area (Å²) in [4.78, 5) is 13.2. The summed E-state index contributed by atoms with van der Waals surface area (Å²) in [6.45, 7) is 1.43. The second-order valence-electron chi connectivity index (χ2n) is 5.39. The number of benzene rings is 1. The van der Waals surface area contributed by atoms with Gasteiger partial charge in [-0.25, -0.2) is 8.42 Å². The van der Waals surface area contributed by atoms with Gasteiger partial charge in [0.1, 0.15) is 9.46 Å². The Bertz CT molecular complexity index is 751. The monoisotopic (exact) mass is 352 g/mol. The summed E-state index contributed by atoms with van der Waals surface area (Å²) in [6, 6.07) is 10.6. The van der Waals surface area contributed by atoms with Gasteiger partial charge in [0.2, 0.25) is 5.91 Å². The summed E-state index contributed by atoms with van der Waals surface area (Å²) < 4.78 is 26.1. The van der Waals surface area contributed by atoms with Crippen LogP contribution in [0.3, 0.4) is 0 Å². The van der Waals surface area contributed by atoms with Crippen LogP contribution in [0.4, 0.5) is 5.69 Å². The van der Waals surface area contributed by atoms with Crippen LogP contribution in [0.25, 0.3) is 0 Å². The van der Waals surface area contributed by atoms with Gasteiger partial charge in [-0.2, -0.15) is 0 Å². The van der Waals surface area contributed by atoms with Crippen LogP contribution in [0.2, 0.25) is 0 Å². The molecule has 1 atom stereocenters. The first-order chi connectivity index (χ1) is 10.8. The van der Waals surface area contributed by atoms with Crippen LogP contribution in [0, 0.1) is 0 Å². The van der Waals surface area contributed by atoms with E-state index in [4.69, 9.17) is 0 Å². The number of hydrogen-bond donors (Lipinski definition) is 1. The number of carbonyl (C=O) groups is 1. The molecule has 1 aromatic heterocycles. The molecule has 23 heavy (non-hydrogen) atoms. The van der Waals surface area contributed by atoms with Crippen LogP contribution < -0.4 is 10.2 Å². The highest BCUT2D eigenvalue weighted by Crippen LogP contribution is 2.32. The third-order valence-electron chi connectivity index (χ3n) is 3.47. The van der Waals surface area contributed by atoms with Gasteiger partial charge in [0.05, 0.1) is 0 Å². The first-order valence-corrected chi connectivity index (χ1v) is 9.54. The zero-order valence-corrected chi connectivity index (χ0v) is 14.9. The molecule has 124 valence electrons. The fourth-order valence-corrected chi connectivity index (χ4v) is 5.06. The Kier molecular flexibility index (Phi) is 5.43. The van der Waals surface area contributed by atoms with E-state index in [1.54, 1.807) is 29.6 Å². The molecule has 1 heterocycles. The second kappa shape index (κ2) is 7.14. The van der Waals surface area contributed by atoms with Crippen molar-refractivity contribution in [2.24, 2.45) is 0 Å². The van der Waals surface area contributed by atoms with Crippen LogP contribution in [-0.2, 0) is 14.6 Å². The highest BCUT2D eigenvalue weighted by atomic mass is 32.2. The molecule has 0 saturated carbocycles. The van der Waals surface area contributed by atoms with Gasteiger partial charge in [-0.05, 0) is 29.1 Å². The largest absolute Gasteiger partial charge is 0.378 e. The molecule has 2 aromatic rings. The zero-order valence-electron chi connectivity index (χ0n) is 13.3. The minimum atomic E-state index is -3.55. The van der Waals surface area contributed by atoms with Gasteiger partial charge in [0.15, 0.2) is 9.84 Å². The van der Waals surface area contributed by atoms with Gasteiger partial charge < -0.3 is 10.2 Å². The average molecular weight is 352 g/mol. The second-order valence-corrected chi connectivity index (χ2v) is 8.69. The quantitative estimate of drug-likeness (QED) is 0.867. The zero-order chi connectivity index (χ0) is 17.0. The summed E-state index contributed by atoms with van der Waals surface area (Å²) >= 11 is 1.19. The highest BCUT2D eigenvalue weighted by molar-refractivity contribution is 7.93. The number of thiophene rings is 1. The lowest BCUT2D eigenvalue weighted by molar-refractivity contribution is -0.118. The van der Waals surface area contributed by atoms with E-state index in [-0.39, 0.29) is 12.5 Å². The van der Waals surface area contributed by atoms with Gasteiger partial charge >= 0.3 is 0 Å². The molecule has 0 aliphatic rings. The number of rotatable bonds is 6. The minimum Gasteiger partial charge on any atom is -0.378 e. The predicted octanol–water partition coefficient (Wildman–Crippen LogP) is 2.47. The standard InChI is InChI=1S/C16H20N2O3S2/c1-12(19)17-11-15(23(20,21)16-5-4-10-22-16)13-6-8-14(9-7-13)18(2)3/h4-10,15H,11H2,1-3H3,(H,17,19)/t15-/m1/s1. The molecule has 0 saturated heterocycles. The summed E-state index contributed by atoms with van der Waals surface area (Å²) in [5.41, 5.74) is 1.65. The van der Waals surface area contributed by atoms with Crippen LogP contribution >= 0.6 is 11.3 Å². The minimum absolute atomic E-state index is 0.0525. The topological polar surface area (TPSA) is 66.5 Å². The molecule has 1 N–H and O–H groups in total. The summed E-state index contributed by atoms with van der Waals surface area (Å²) in [6.07, 6.45) is 0. The maximum Gasteiger partial charge on any atom is 0.216 e. The van der Waals surface area contributed by atoms with Crippen molar-refractivity contribution < 1.29 is 13.2 Å². The normalized spacial score (nSPS) is 12.7. The van der Waals surface area contributed by atoms with E-state index in [1.165, 1.54) is 18.3 Å². The molecule has 0 radical (unpaired) electrons. The van der Waals surface area contributed by atoms with Crippen LogP contribution in [0.1, 0.15) is 17.7 Å². The summed E-state index contributed by atoms with van der Waals surface area (Å²) in [5.74, 6) is -0.249. The van der Waals surface area contributed by atoms with Crippen molar-refractivity contribution in [3.63, 3.8) is 0 Å². The molecular weight excluding hydrogens is 332 g/mol. The molecule has 0 fully saturated rings. The molecule has 1 amide bonds. The summed E-state index contributed by atoms with van der Waals surface area (Å²) in [5, 5.41) is 3.55. The van der Waals surface area contributed by atoms with Gasteiger partial charge in [0, 0.05) is 33.3 Å². The Balaban J connectivity index is 2.39. The van der Waals surface area contributed by atoms with Gasteiger partial charge in [-0.3, -0.25) is 4.79 Å². The third-order valence-corrected chi connectivity index (χ3v) is 7.00. The first kappa shape index (κ1) is 17.5. The Labute approximate surface area is 140 Å². The van der Waals surface area contributed by atoms with Crippen LogP contribution in [0.5, 0.6) is 0 Å². The lowest BCUT2D eigenvalue weighted by Crippen LogP contribution is -2.30. The van der Waals surface area contributed by atoms with Gasteiger partial charge in [0.25, 0.3) is 0 Å². The Hall–Kier alpha value is -1.86. The third kappa shape index (κ3) is 4.11. The SMILES string of the molecule is CC(=O)NC[C@H](c1ccc(N(C)C)cc1)S(=O)(=O)c1cccs1. The van der Waals surface area contributed by atoms with Gasteiger partial charge in [-0.1, -0.05) is 18.2 Å². The van der Waals surface area contributed by atoms with E-state index in [2.05, 4.69) is 5.32 Å². The van der Waals surface area contributed by atoms with Crippen molar-refractivity contribution in [1.82, 2.24) is 5.32 Å². The molecule has 0 unspecified atom stereocenters. The molecule has 7 heteroatoms. The first-order valence-electron chi connectivity index (χ1n) is 7.11. The van der Waals surface area contributed by atoms with E-state index in [0.717, 1.165) is 5.69 Å². The van der Waals surface area contributed by atoms with E-state index < -0.39 is 15.1 Å². The average Bonchev–Trinajstić information content (AvgIpc) is 3.02. The van der Waals surface area contributed by atoms with Crippen molar-refractivity contribution in [3.8, 4) is 0 Å². The number of carbonyl (C=O) groups excluding carboxylic acids is 1. The van der Waals surface area contributed by atoms with E-state index in [9.17, 15) is 13.2 Å². The van der Waals surface area contributed by atoms with Crippen LogP contribution in [-0.4, -0.2) is 35.0 Å². The molecular formula is C16H20N2O3S2. The number of hydrogen-bond acceptors (Lipinski definition) is 5. The summed E-state index contributed by atoms with van der Waals surface area (Å²) in [7, 11) is 0.296. The molecule has 0 aliphatic heterocycles. The number of nitrogens with zero attached hydrogens (tertiary/aromatic N) is 1. The van der Waals surface area contributed by atoms with Crippen molar-refractivity contribution in [2.45, 2.75) is 16.4 Å². The Morgan fingerprint density at radius 3 is 2.35 bits per heavy atom. The molecule has 0 aliphatic carbocycles. The van der Waals surface area contributed by atoms with Crippen LogP contribution in [0.15, 0.2) is 46.0 Å². The van der Waals surface area contributed by atoms with Crippen molar-refractivity contribution in [3.05, 3.63) is 47.3 Å². The van der Waals surface area contributed by atoms with E-state index in [0.29, 0.717) is 9.77 Å². The fraction of sp³-hybridized carbons (Fsp3) is 0.312. The number of sulfone groups is 1. The predicted molar refractivity (Wildman–Crippen MR) is 93.7 cm³/mol. The molecule has 0 spiro atoms. The Morgan fingerprint density at radius 1 is 1.22 bits per heavy atom. The highest BCUT2D eigenvalue weighted by Gasteiger charge is 2.30. The lowest BCUT2D eigenvalue weighted by atomic mass is 10.1. The molecule has 1 aromatic carbocycles.